The van der Waals surface area contributed by atoms with Gasteiger partial charge >= 0.3 is 79.3 Å². The van der Waals surface area contributed by atoms with E-state index in [4.69, 9.17) is 4.55 Å². The summed E-state index contributed by atoms with van der Waals surface area (Å²) in [6.07, 6.45) is 1.22. The third kappa shape index (κ3) is 12.8. The molecule has 0 radical (unpaired) electrons. The summed E-state index contributed by atoms with van der Waals surface area (Å²) in [4.78, 5) is 0. The molecule has 0 aromatic rings. The van der Waals surface area contributed by atoms with Gasteiger partial charge in [0.05, 0.1) is 6.61 Å². The van der Waals surface area contributed by atoms with Gasteiger partial charge in [-0.1, -0.05) is 6.08 Å². The van der Waals surface area contributed by atoms with E-state index < -0.39 is 10.4 Å². The summed E-state index contributed by atoms with van der Waals surface area (Å²) in [6.45, 7) is 2.97. The van der Waals surface area contributed by atoms with Crippen molar-refractivity contribution in [3.05, 3.63) is 12.7 Å². The summed E-state index contributed by atoms with van der Waals surface area (Å²) in [7, 11) is -4.26. The average Bonchev–Trinajstić information content (AvgIpc) is 1.59. The fourth-order valence-corrected chi connectivity index (χ4v) is 0.402. The van der Waals surface area contributed by atoms with Crippen molar-refractivity contribution in [2.75, 3.05) is 6.61 Å². The molecule has 9 heavy (non-hydrogen) atoms. The fourth-order valence-electron chi connectivity index (χ4n) is 0.134. The average molecular weight is 272 g/mol. The minimum atomic E-state index is -4.26. The molecule has 50 valence electrons. The van der Waals surface area contributed by atoms with Crippen LogP contribution in [0.1, 0.15) is 0 Å². The van der Waals surface area contributed by atoms with E-state index in [9.17, 15) is 8.42 Å². The Morgan fingerprint density at radius 1 is 1.67 bits per heavy atom. The molecule has 6 heteroatoms. The summed E-state index contributed by atoms with van der Waals surface area (Å²) in [5.74, 6) is 0. The van der Waals surface area contributed by atoms with E-state index in [2.05, 4.69) is 10.8 Å². The molecule has 0 fully saturated rings. The second-order valence-corrected chi connectivity index (χ2v) is 2.09. The zero-order valence-corrected chi connectivity index (χ0v) is 4.89. The molecule has 0 saturated heterocycles. The van der Waals surface area contributed by atoms with Crippen molar-refractivity contribution in [3.63, 3.8) is 0 Å². The van der Waals surface area contributed by atoms with Crippen LogP contribution >= 0.6 is 0 Å². The molecule has 0 amide bonds. The molecule has 0 aliphatic rings. The van der Waals surface area contributed by atoms with Crippen LogP contribution in [0.25, 0.3) is 0 Å². The normalized spacial score (nSPS) is 9.89. The summed E-state index contributed by atoms with van der Waals surface area (Å²) in [5, 5.41) is 0. The van der Waals surface area contributed by atoms with Crippen LogP contribution in [0.2, 0.25) is 0 Å². The Morgan fingerprint density at radius 2 is 2.11 bits per heavy atom. The monoisotopic (exact) mass is 272 g/mol. The molecule has 0 saturated carbocycles. The Hall–Kier alpha value is 1.66. The molecule has 0 bridgehead atoms. The van der Waals surface area contributed by atoms with Gasteiger partial charge in [-0.15, -0.1) is 6.58 Å². The Labute approximate surface area is 113 Å². The maximum atomic E-state index is 9.68. The molecular formula is C3H7CsO4S. The van der Waals surface area contributed by atoms with Crippen molar-refractivity contribution in [1.29, 1.82) is 0 Å². The van der Waals surface area contributed by atoms with Gasteiger partial charge in [0.2, 0.25) is 0 Å². The first-order valence-corrected chi connectivity index (χ1v) is 3.15. The van der Waals surface area contributed by atoms with Crippen LogP contribution in [0.5, 0.6) is 0 Å². The minimum absolute atomic E-state index is 0. The first kappa shape index (κ1) is 13.3. The zero-order valence-electron chi connectivity index (χ0n) is 4.07. The quantitative estimate of drug-likeness (QED) is 0.547. The van der Waals surface area contributed by atoms with Crippen LogP contribution in [0, 0.1) is 0 Å². The maximum absolute atomic E-state index is 9.68. The molecule has 4 nitrogen and oxygen atoms in total. The molecule has 0 rings (SSSR count). The topological polar surface area (TPSA) is 63.6 Å². The molecule has 0 spiro atoms. The van der Waals surface area contributed by atoms with Gasteiger partial charge in [0.25, 0.3) is 0 Å². The number of hydrogen-bond donors (Lipinski definition) is 1. The molecule has 0 aliphatic heterocycles. The third-order valence-electron chi connectivity index (χ3n) is 0.335. The SMILES string of the molecule is C=CCOS(=O)(=O)O.[CsH]. The summed E-state index contributed by atoms with van der Waals surface area (Å²) < 4.78 is 31.0. The van der Waals surface area contributed by atoms with E-state index in [1.165, 1.54) is 6.08 Å². The zero-order chi connectivity index (χ0) is 6.62. The summed E-state index contributed by atoms with van der Waals surface area (Å²) in [6, 6.07) is 0. The van der Waals surface area contributed by atoms with E-state index in [0.29, 0.717) is 0 Å². The van der Waals surface area contributed by atoms with Gasteiger partial charge < -0.3 is 0 Å². The Balaban J connectivity index is 0. The number of hydrogen-bond acceptors (Lipinski definition) is 3. The van der Waals surface area contributed by atoms with Gasteiger partial charge in [-0.25, -0.2) is 4.18 Å². The van der Waals surface area contributed by atoms with Crippen LogP contribution in [-0.2, 0) is 14.6 Å². The van der Waals surface area contributed by atoms with E-state index in [1.54, 1.807) is 0 Å². The number of rotatable bonds is 3. The standard InChI is InChI=1S/C3H6O4S.Cs.H/c1-2-3-7-8(4,5)6;;/h2H,1,3H2,(H,4,5,6);;. The van der Waals surface area contributed by atoms with Crippen LogP contribution in [0.3, 0.4) is 0 Å². The predicted molar refractivity (Wildman–Crippen MR) is 34.8 cm³/mol. The van der Waals surface area contributed by atoms with E-state index in [-0.39, 0.29) is 75.5 Å². The second kappa shape index (κ2) is 6.38. The van der Waals surface area contributed by atoms with Crippen molar-refractivity contribution >= 4 is 79.3 Å². The first-order chi connectivity index (χ1) is 3.56. The summed E-state index contributed by atoms with van der Waals surface area (Å²) in [5.41, 5.74) is 0. The molecule has 0 unspecified atom stereocenters. The Morgan fingerprint density at radius 3 is 2.22 bits per heavy atom. The molecule has 0 atom stereocenters. The predicted octanol–water partition coefficient (Wildman–Crippen LogP) is -0.657. The Kier molecular flexibility index (Phi) is 9.40. The van der Waals surface area contributed by atoms with Gasteiger partial charge in [-0.2, -0.15) is 8.42 Å². The fraction of sp³-hybridized carbons (Fsp3) is 0.333. The molecule has 1 N–H and O–H groups in total. The van der Waals surface area contributed by atoms with Crippen molar-refractivity contribution in [1.82, 2.24) is 0 Å². The molecule has 0 aliphatic carbocycles. The van der Waals surface area contributed by atoms with Gasteiger partial charge in [0.1, 0.15) is 0 Å². The van der Waals surface area contributed by atoms with Gasteiger partial charge in [-0.3, -0.25) is 4.55 Å². The molecule has 0 aromatic carbocycles. The first-order valence-electron chi connectivity index (χ1n) is 1.79. The van der Waals surface area contributed by atoms with Crippen molar-refractivity contribution in [3.8, 4) is 0 Å². The van der Waals surface area contributed by atoms with Crippen LogP contribution in [0.15, 0.2) is 12.7 Å². The van der Waals surface area contributed by atoms with Crippen molar-refractivity contribution < 1.29 is 17.2 Å². The van der Waals surface area contributed by atoms with Crippen molar-refractivity contribution in [2.24, 2.45) is 0 Å². The second-order valence-electron chi connectivity index (χ2n) is 1.00. The van der Waals surface area contributed by atoms with Gasteiger partial charge in [-0.05, 0) is 0 Å². The Bertz CT molecular complexity index is 161. The third-order valence-corrected chi connectivity index (χ3v) is 0.769. The van der Waals surface area contributed by atoms with Crippen LogP contribution < -0.4 is 0 Å². The summed E-state index contributed by atoms with van der Waals surface area (Å²) >= 11 is 0. The van der Waals surface area contributed by atoms with Crippen LogP contribution in [-0.4, -0.2) is 88.5 Å². The van der Waals surface area contributed by atoms with Gasteiger partial charge in [0, 0.05) is 0 Å². The van der Waals surface area contributed by atoms with E-state index >= 15 is 0 Å². The van der Waals surface area contributed by atoms with E-state index in [1.807, 2.05) is 0 Å². The molecular weight excluding hydrogens is 265 g/mol. The molecule has 0 aromatic heterocycles. The molecule has 0 heterocycles. The van der Waals surface area contributed by atoms with Crippen molar-refractivity contribution in [2.45, 2.75) is 0 Å². The van der Waals surface area contributed by atoms with Crippen LogP contribution in [0.4, 0.5) is 0 Å². The van der Waals surface area contributed by atoms with E-state index in [0.717, 1.165) is 0 Å². The van der Waals surface area contributed by atoms with Gasteiger partial charge in [0.15, 0.2) is 0 Å².